The maximum atomic E-state index is 9.31. The van der Waals surface area contributed by atoms with E-state index in [0.717, 1.165) is 26.6 Å². The van der Waals surface area contributed by atoms with Crippen molar-refractivity contribution in [2.45, 2.75) is 9.92 Å². The third kappa shape index (κ3) is 2.83. The van der Waals surface area contributed by atoms with Gasteiger partial charge in [0.15, 0.2) is 0 Å². The Morgan fingerprint density at radius 1 is 1.10 bits per heavy atom. The number of fused-ring (bicyclic) bond motifs is 1. The molecule has 0 bridgehead atoms. The SMILES string of the molecule is COc1ccc(Sc2nc3ccccc3cc2C#N)cc1. The van der Waals surface area contributed by atoms with E-state index in [2.05, 4.69) is 11.1 Å². The highest BCUT2D eigenvalue weighted by Gasteiger charge is 2.08. The quantitative estimate of drug-likeness (QED) is 0.723. The van der Waals surface area contributed by atoms with E-state index in [4.69, 9.17) is 4.74 Å². The molecule has 102 valence electrons. The van der Waals surface area contributed by atoms with Crippen LogP contribution >= 0.6 is 11.8 Å². The number of rotatable bonds is 3. The van der Waals surface area contributed by atoms with E-state index in [1.165, 1.54) is 11.8 Å². The van der Waals surface area contributed by atoms with Crippen LogP contribution in [0.2, 0.25) is 0 Å². The summed E-state index contributed by atoms with van der Waals surface area (Å²) in [4.78, 5) is 5.62. The second kappa shape index (κ2) is 5.86. The van der Waals surface area contributed by atoms with Crippen molar-refractivity contribution < 1.29 is 4.74 Å². The predicted octanol–water partition coefficient (Wildman–Crippen LogP) is 4.27. The van der Waals surface area contributed by atoms with E-state index in [1.54, 1.807) is 7.11 Å². The Morgan fingerprint density at radius 3 is 2.57 bits per heavy atom. The minimum absolute atomic E-state index is 0.592. The van der Waals surface area contributed by atoms with Crippen molar-refractivity contribution in [1.29, 1.82) is 5.26 Å². The Balaban J connectivity index is 2.00. The van der Waals surface area contributed by atoms with Crippen molar-refractivity contribution >= 4 is 22.7 Å². The Morgan fingerprint density at radius 2 is 1.86 bits per heavy atom. The van der Waals surface area contributed by atoms with Crippen LogP contribution in [0.15, 0.2) is 64.5 Å². The van der Waals surface area contributed by atoms with E-state index < -0.39 is 0 Å². The predicted molar refractivity (Wildman–Crippen MR) is 83.6 cm³/mol. The summed E-state index contributed by atoms with van der Waals surface area (Å²) in [6, 6.07) is 19.6. The molecule has 0 unspecified atom stereocenters. The summed E-state index contributed by atoms with van der Waals surface area (Å²) in [5.41, 5.74) is 1.49. The highest BCUT2D eigenvalue weighted by Crippen LogP contribution is 2.31. The molecular weight excluding hydrogens is 280 g/mol. The molecule has 3 rings (SSSR count). The van der Waals surface area contributed by atoms with Crippen molar-refractivity contribution in [3.05, 3.63) is 60.2 Å². The van der Waals surface area contributed by atoms with Crippen LogP contribution in [0.4, 0.5) is 0 Å². The highest BCUT2D eigenvalue weighted by atomic mass is 32.2. The molecule has 2 aromatic carbocycles. The highest BCUT2D eigenvalue weighted by molar-refractivity contribution is 7.99. The van der Waals surface area contributed by atoms with Gasteiger partial charge in [0.05, 0.1) is 18.2 Å². The number of benzene rings is 2. The van der Waals surface area contributed by atoms with Gasteiger partial charge < -0.3 is 4.74 Å². The van der Waals surface area contributed by atoms with E-state index in [9.17, 15) is 5.26 Å². The molecule has 0 aliphatic heterocycles. The molecule has 0 radical (unpaired) electrons. The molecule has 3 nitrogen and oxygen atoms in total. The summed E-state index contributed by atoms with van der Waals surface area (Å²) in [5.74, 6) is 0.811. The average Bonchev–Trinajstić information content (AvgIpc) is 2.55. The summed E-state index contributed by atoms with van der Waals surface area (Å²) in [6.45, 7) is 0. The number of hydrogen-bond donors (Lipinski definition) is 0. The molecule has 0 spiro atoms. The van der Waals surface area contributed by atoms with Crippen molar-refractivity contribution in [3.63, 3.8) is 0 Å². The Labute approximate surface area is 127 Å². The molecule has 0 N–H and O–H groups in total. The molecule has 0 aliphatic carbocycles. The topological polar surface area (TPSA) is 45.9 Å². The Hall–Kier alpha value is -2.51. The van der Waals surface area contributed by atoms with Gasteiger partial charge in [-0.15, -0.1) is 0 Å². The van der Waals surface area contributed by atoms with Crippen molar-refractivity contribution in [2.24, 2.45) is 0 Å². The Kier molecular flexibility index (Phi) is 3.76. The van der Waals surface area contributed by atoms with Crippen LogP contribution in [0.5, 0.6) is 5.75 Å². The average molecular weight is 292 g/mol. The number of nitrogens with zero attached hydrogens (tertiary/aromatic N) is 2. The van der Waals surface area contributed by atoms with E-state index in [0.29, 0.717) is 5.56 Å². The summed E-state index contributed by atoms with van der Waals surface area (Å²) in [5, 5.41) is 11.0. The van der Waals surface area contributed by atoms with Crippen LogP contribution in [0.3, 0.4) is 0 Å². The lowest BCUT2D eigenvalue weighted by Gasteiger charge is -2.06. The second-order valence-electron chi connectivity index (χ2n) is 4.42. The van der Waals surface area contributed by atoms with Gasteiger partial charge >= 0.3 is 0 Å². The van der Waals surface area contributed by atoms with Gasteiger partial charge in [-0.2, -0.15) is 5.26 Å². The van der Waals surface area contributed by atoms with Crippen LogP contribution in [0.25, 0.3) is 10.9 Å². The fourth-order valence-corrected chi connectivity index (χ4v) is 2.87. The van der Waals surface area contributed by atoms with Crippen LogP contribution < -0.4 is 4.74 Å². The second-order valence-corrected chi connectivity index (χ2v) is 5.49. The molecule has 21 heavy (non-hydrogen) atoms. The molecule has 3 aromatic rings. The number of pyridine rings is 1. The Bertz CT molecular complexity index is 822. The lowest BCUT2D eigenvalue weighted by atomic mass is 10.2. The lowest BCUT2D eigenvalue weighted by molar-refractivity contribution is 0.414. The van der Waals surface area contributed by atoms with Gasteiger partial charge in [-0.05, 0) is 36.4 Å². The van der Waals surface area contributed by atoms with Crippen LogP contribution in [-0.2, 0) is 0 Å². The first-order valence-corrected chi connectivity index (χ1v) is 7.23. The maximum Gasteiger partial charge on any atom is 0.119 e. The minimum Gasteiger partial charge on any atom is -0.497 e. The summed E-state index contributed by atoms with van der Waals surface area (Å²) >= 11 is 1.48. The number of nitriles is 1. The molecule has 1 heterocycles. The van der Waals surface area contributed by atoms with Gasteiger partial charge in [0.2, 0.25) is 0 Å². The van der Waals surface area contributed by atoms with E-state index >= 15 is 0 Å². The fraction of sp³-hybridized carbons (Fsp3) is 0.0588. The van der Waals surface area contributed by atoms with Gasteiger partial charge in [0.25, 0.3) is 0 Å². The molecule has 1 aromatic heterocycles. The first-order valence-electron chi connectivity index (χ1n) is 6.42. The van der Waals surface area contributed by atoms with Crippen molar-refractivity contribution in [1.82, 2.24) is 4.98 Å². The third-order valence-corrected chi connectivity index (χ3v) is 4.10. The smallest absolute Gasteiger partial charge is 0.119 e. The molecule has 4 heteroatoms. The zero-order valence-corrected chi connectivity index (χ0v) is 12.2. The molecule has 0 saturated carbocycles. The number of para-hydroxylation sites is 1. The minimum atomic E-state index is 0.592. The monoisotopic (exact) mass is 292 g/mol. The summed E-state index contributed by atoms with van der Waals surface area (Å²) < 4.78 is 5.14. The van der Waals surface area contributed by atoms with E-state index in [-0.39, 0.29) is 0 Å². The fourth-order valence-electron chi connectivity index (χ4n) is 2.01. The van der Waals surface area contributed by atoms with Gasteiger partial charge in [-0.1, -0.05) is 30.0 Å². The zero-order chi connectivity index (χ0) is 14.7. The van der Waals surface area contributed by atoms with Crippen molar-refractivity contribution in [2.75, 3.05) is 7.11 Å². The van der Waals surface area contributed by atoms with Gasteiger partial charge in [-0.25, -0.2) is 4.98 Å². The van der Waals surface area contributed by atoms with Gasteiger partial charge in [0.1, 0.15) is 16.8 Å². The first-order chi connectivity index (χ1) is 10.3. The van der Waals surface area contributed by atoms with Crippen LogP contribution in [-0.4, -0.2) is 12.1 Å². The first kappa shape index (κ1) is 13.5. The lowest BCUT2D eigenvalue weighted by Crippen LogP contribution is -1.89. The standard InChI is InChI=1S/C17H12N2OS/c1-20-14-6-8-15(9-7-14)21-17-13(11-18)10-12-4-2-3-5-16(12)19-17/h2-10H,1H3. The normalized spacial score (nSPS) is 10.3. The molecule has 0 fully saturated rings. The molecule has 0 aliphatic rings. The van der Waals surface area contributed by atoms with Gasteiger partial charge in [0, 0.05) is 10.3 Å². The largest absolute Gasteiger partial charge is 0.497 e. The maximum absolute atomic E-state index is 9.31. The van der Waals surface area contributed by atoms with Crippen molar-refractivity contribution in [3.8, 4) is 11.8 Å². The summed E-state index contributed by atoms with van der Waals surface area (Å²) in [7, 11) is 1.64. The molecule has 0 atom stereocenters. The molecule has 0 saturated heterocycles. The van der Waals surface area contributed by atoms with E-state index in [1.807, 2.05) is 54.6 Å². The van der Waals surface area contributed by atoms with Crippen LogP contribution in [0.1, 0.15) is 5.56 Å². The number of aromatic nitrogens is 1. The third-order valence-electron chi connectivity index (χ3n) is 3.08. The number of ether oxygens (including phenoxy) is 1. The number of hydrogen-bond acceptors (Lipinski definition) is 4. The molecule has 0 amide bonds. The van der Waals surface area contributed by atoms with Crippen LogP contribution in [0, 0.1) is 11.3 Å². The van der Waals surface area contributed by atoms with Gasteiger partial charge in [-0.3, -0.25) is 0 Å². The zero-order valence-electron chi connectivity index (χ0n) is 11.4. The summed E-state index contributed by atoms with van der Waals surface area (Å²) in [6.07, 6.45) is 0. The molecular formula is C17H12N2OS. The number of methoxy groups -OCH3 is 1.